The average Bonchev–Trinajstić information content (AvgIpc) is 2.73. The minimum atomic E-state index is -0.290. The molecule has 1 heterocycles. The van der Waals surface area contributed by atoms with E-state index in [0.29, 0.717) is 10.6 Å². The van der Waals surface area contributed by atoms with Gasteiger partial charge >= 0.3 is 0 Å². The Kier molecular flexibility index (Phi) is 3.73. The van der Waals surface area contributed by atoms with Crippen molar-refractivity contribution in [1.82, 2.24) is 5.32 Å². The Hall–Kier alpha value is -1.32. The largest absolute Gasteiger partial charge is 0.469 e. The summed E-state index contributed by atoms with van der Waals surface area (Å²) in [5, 5.41) is 3.58. The third kappa shape index (κ3) is 2.42. The van der Waals surface area contributed by atoms with Crippen LogP contribution in [0.2, 0.25) is 5.02 Å². The predicted octanol–water partition coefficient (Wildman–Crippen LogP) is 4.00. The first-order chi connectivity index (χ1) is 8.52. The van der Waals surface area contributed by atoms with Crippen molar-refractivity contribution in [3.63, 3.8) is 0 Å². The number of rotatable bonds is 3. The van der Waals surface area contributed by atoms with E-state index in [2.05, 4.69) is 5.32 Å². The molecule has 0 aliphatic carbocycles. The first-order valence-corrected chi connectivity index (χ1v) is 6.08. The molecule has 2 rings (SSSR count). The van der Waals surface area contributed by atoms with Crippen molar-refractivity contribution >= 4 is 11.6 Å². The van der Waals surface area contributed by atoms with Crippen LogP contribution in [0.1, 0.15) is 28.5 Å². The van der Waals surface area contributed by atoms with E-state index in [1.165, 1.54) is 6.07 Å². The minimum Gasteiger partial charge on any atom is -0.469 e. The lowest BCUT2D eigenvalue weighted by Gasteiger charge is -2.17. The molecule has 18 heavy (non-hydrogen) atoms. The highest BCUT2D eigenvalue weighted by atomic mass is 35.5. The molecule has 0 radical (unpaired) electrons. The number of aryl methyl sites for hydroxylation is 2. The molecule has 1 aromatic heterocycles. The second kappa shape index (κ2) is 5.12. The van der Waals surface area contributed by atoms with Gasteiger partial charge in [-0.15, -0.1) is 0 Å². The highest BCUT2D eigenvalue weighted by molar-refractivity contribution is 6.31. The molecule has 0 aliphatic rings. The van der Waals surface area contributed by atoms with E-state index < -0.39 is 0 Å². The second-order valence-corrected chi connectivity index (χ2v) is 4.74. The van der Waals surface area contributed by atoms with Gasteiger partial charge in [-0.1, -0.05) is 11.6 Å². The van der Waals surface area contributed by atoms with Gasteiger partial charge in [0, 0.05) is 10.6 Å². The number of benzene rings is 1. The Bertz CT molecular complexity index is 565. The van der Waals surface area contributed by atoms with Crippen LogP contribution in [0.3, 0.4) is 0 Å². The fourth-order valence-electron chi connectivity index (χ4n) is 2.02. The van der Waals surface area contributed by atoms with E-state index in [-0.39, 0.29) is 11.9 Å². The van der Waals surface area contributed by atoms with Gasteiger partial charge in [-0.05, 0) is 50.2 Å². The molecule has 0 amide bonds. The maximum Gasteiger partial charge on any atom is 0.127 e. The van der Waals surface area contributed by atoms with Crippen molar-refractivity contribution < 1.29 is 8.81 Å². The number of furan rings is 1. The fraction of sp³-hybridized carbons (Fsp3) is 0.286. The van der Waals surface area contributed by atoms with Crippen LogP contribution < -0.4 is 5.32 Å². The van der Waals surface area contributed by atoms with Gasteiger partial charge in [0.05, 0.1) is 12.3 Å². The molecule has 96 valence electrons. The monoisotopic (exact) mass is 267 g/mol. The molecule has 1 atom stereocenters. The number of hydrogen-bond donors (Lipinski definition) is 1. The highest BCUT2D eigenvalue weighted by Gasteiger charge is 2.18. The third-order valence-corrected chi connectivity index (χ3v) is 3.29. The van der Waals surface area contributed by atoms with E-state index >= 15 is 0 Å². The van der Waals surface area contributed by atoms with E-state index in [0.717, 1.165) is 16.9 Å². The molecular weight excluding hydrogens is 253 g/mol. The number of hydrogen-bond acceptors (Lipinski definition) is 2. The normalized spacial score (nSPS) is 12.7. The van der Waals surface area contributed by atoms with Crippen molar-refractivity contribution in [3.05, 3.63) is 57.8 Å². The zero-order valence-corrected chi connectivity index (χ0v) is 11.3. The first kappa shape index (κ1) is 13.1. The van der Waals surface area contributed by atoms with Crippen molar-refractivity contribution in [2.45, 2.75) is 19.9 Å². The summed E-state index contributed by atoms with van der Waals surface area (Å²) in [6.07, 6.45) is 1.69. The third-order valence-electron chi connectivity index (χ3n) is 2.96. The summed E-state index contributed by atoms with van der Waals surface area (Å²) < 4.78 is 18.7. The van der Waals surface area contributed by atoms with E-state index in [1.54, 1.807) is 19.3 Å². The molecule has 1 unspecified atom stereocenters. The van der Waals surface area contributed by atoms with Gasteiger partial charge in [0.25, 0.3) is 0 Å². The van der Waals surface area contributed by atoms with Crippen LogP contribution in [0.5, 0.6) is 0 Å². The predicted molar refractivity (Wildman–Crippen MR) is 70.5 cm³/mol. The number of nitrogens with one attached hydrogen (secondary N) is 1. The molecule has 0 bridgehead atoms. The summed E-state index contributed by atoms with van der Waals surface area (Å²) in [4.78, 5) is 0. The van der Waals surface area contributed by atoms with Gasteiger partial charge in [-0.3, -0.25) is 0 Å². The minimum absolute atomic E-state index is 0.103. The summed E-state index contributed by atoms with van der Waals surface area (Å²) >= 11 is 6.12. The van der Waals surface area contributed by atoms with Crippen LogP contribution >= 0.6 is 11.6 Å². The summed E-state index contributed by atoms with van der Waals surface area (Å²) in [6, 6.07) is 4.95. The van der Waals surface area contributed by atoms with Crippen molar-refractivity contribution in [1.29, 1.82) is 0 Å². The van der Waals surface area contributed by atoms with E-state index in [4.69, 9.17) is 16.0 Å². The van der Waals surface area contributed by atoms with Crippen LogP contribution in [0.25, 0.3) is 0 Å². The molecule has 0 saturated carbocycles. The molecule has 0 aliphatic heterocycles. The highest BCUT2D eigenvalue weighted by Crippen LogP contribution is 2.31. The summed E-state index contributed by atoms with van der Waals surface area (Å²) in [5.41, 5.74) is 2.40. The quantitative estimate of drug-likeness (QED) is 0.909. The molecule has 0 spiro atoms. The molecule has 1 N–H and O–H groups in total. The molecule has 4 heteroatoms. The molecule has 0 saturated heterocycles. The molecule has 1 aromatic carbocycles. The zero-order valence-electron chi connectivity index (χ0n) is 10.6. The van der Waals surface area contributed by atoms with Crippen LogP contribution in [0, 0.1) is 19.7 Å². The van der Waals surface area contributed by atoms with Crippen LogP contribution in [0.4, 0.5) is 4.39 Å². The number of halogens is 2. The van der Waals surface area contributed by atoms with Gasteiger partial charge < -0.3 is 9.73 Å². The fourth-order valence-corrected chi connectivity index (χ4v) is 2.28. The first-order valence-electron chi connectivity index (χ1n) is 5.70. The van der Waals surface area contributed by atoms with Gasteiger partial charge in [-0.2, -0.15) is 0 Å². The molecule has 2 aromatic rings. The van der Waals surface area contributed by atoms with Crippen LogP contribution in [0.15, 0.2) is 28.9 Å². The summed E-state index contributed by atoms with van der Waals surface area (Å²) in [5.74, 6) is 0.544. The smallest absolute Gasteiger partial charge is 0.127 e. The van der Waals surface area contributed by atoms with Crippen LogP contribution in [-0.4, -0.2) is 7.05 Å². The molecule has 0 fully saturated rings. The Labute approximate surface area is 111 Å². The molecular formula is C14H15ClFNO. The Morgan fingerprint density at radius 2 is 2.00 bits per heavy atom. The van der Waals surface area contributed by atoms with Crippen LogP contribution in [-0.2, 0) is 0 Å². The Morgan fingerprint density at radius 3 is 2.56 bits per heavy atom. The lowest BCUT2D eigenvalue weighted by atomic mass is 9.99. The maximum absolute atomic E-state index is 13.4. The second-order valence-electron chi connectivity index (χ2n) is 4.34. The van der Waals surface area contributed by atoms with Crippen molar-refractivity contribution in [2.75, 3.05) is 7.05 Å². The van der Waals surface area contributed by atoms with E-state index in [1.807, 2.05) is 20.0 Å². The maximum atomic E-state index is 13.4. The van der Waals surface area contributed by atoms with Crippen molar-refractivity contribution in [2.24, 2.45) is 0 Å². The summed E-state index contributed by atoms with van der Waals surface area (Å²) in [7, 11) is 1.84. The lowest BCUT2D eigenvalue weighted by Crippen LogP contribution is -2.17. The van der Waals surface area contributed by atoms with Crippen molar-refractivity contribution in [3.8, 4) is 0 Å². The van der Waals surface area contributed by atoms with Gasteiger partial charge in [0.15, 0.2) is 0 Å². The van der Waals surface area contributed by atoms with Gasteiger partial charge in [0.1, 0.15) is 11.6 Å². The van der Waals surface area contributed by atoms with Gasteiger partial charge in [0.2, 0.25) is 0 Å². The molecule has 2 nitrogen and oxygen atoms in total. The van der Waals surface area contributed by atoms with Gasteiger partial charge in [-0.25, -0.2) is 4.39 Å². The zero-order chi connectivity index (χ0) is 13.3. The summed E-state index contributed by atoms with van der Waals surface area (Å²) in [6.45, 7) is 3.61. The SMILES string of the molecule is CNC(c1coc(C)c1)c1cc(C)c(F)cc1Cl. The standard InChI is InChI=1S/C14H15ClFNO/c1-8-4-11(12(15)6-13(8)16)14(17-3)10-5-9(2)18-7-10/h4-7,14,17H,1-3H3. The van der Waals surface area contributed by atoms with E-state index in [9.17, 15) is 4.39 Å². The topological polar surface area (TPSA) is 25.2 Å². The Balaban J connectivity index is 2.48. The Morgan fingerprint density at radius 1 is 1.28 bits per heavy atom. The average molecular weight is 268 g/mol. The lowest BCUT2D eigenvalue weighted by molar-refractivity contribution is 0.527.